The minimum Gasteiger partial charge on any atom is -0.207 e. The zero-order chi connectivity index (χ0) is 11.6. The molecule has 15 heavy (non-hydrogen) atoms. The number of rotatable bonds is 2. The summed E-state index contributed by atoms with van der Waals surface area (Å²) >= 11 is 3.20. The molecule has 0 heterocycles. The maximum absolute atomic E-state index is 11.1. The first kappa shape index (κ1) is 12.5. The number of alkyl halides is 1. The lowest BCUT2D eigenvalue weighted by molar-refractivity contribution is 0.609. The third kappa shape index (κ3) is 2.71. The van der Waals surface area contributed by atoms with Crippen LogP contribution < -0.4 is 0 Å². The van der Waals surface area contributed by atoms with Gasteiger partial charge in [-0.2, -0.15) is 5.26 Å². The predicted molar refractivity (Wildman–Crippen MR) is 61.6 cm³/mol. The molecule has 1 aromatic rings. The number of aryl methyl sites for hydroxylation is 1. The summed E-state index contributed by atoms with van der Waals surface area (Å²) < 4.78 is 22.2. The molecule has 3 nitrogen and oxygen atoms in total. The average molecular weight is 309 g/mol. The summed E-state index contributed by atoms with van der Waals surface area (Å²) in [6.07, 6.45) is 0. The second-order valence-electron chi connectivity index (χ2n) is 2.96. The number of halogens is 2. The standard InChI is InChI=1S/C9H7BrClNO2S/c1-6-2-8(15(11,13)14)3-7(4-10)9(6)5-12/h2-3H,4H2,1H3. The van der Waals surface area contributed by atoms with Crippen molar-refractivity contribution in [1.82, 2.24) is 0 Å². The fourth-order valence-electron chi connectivity index (χ4n) is 1.23. The molecule has 0 spiro atoms. The van der Waals surface area contributed by atoms with Crippen LogP contribution in [0.5, 0.6) is 0 Å². The molecule has 0 saturated carbocycles. The van der Waals surface area contributed by atoms with Crippen LogP contribution in [0.15, 0.2) is 17.0 Å². The van der Waals surface area contributed by atoms with Gasteiger partial charge in [-0.3, -0.25) is 0 Å². The van der Waals surface area contributed by atoms with E-state index >= 15 is 0 Å². The van der Waals surface area contributed by atoms with E-state index in [-0.39, 0.29) is 4.90 Å². The van der Waals surface area contributed by atoms with Crippen LogP contribution in [0, 0.1) is 18.3 Å². The van der Waals surface area contributed by atoms with Crippen molar-refractivity contribution < 1.29 is 8.42 Å². The van der Waals surface area contributed by atoms with Crippen LogP contribution in [-0.2, 0) is 14.4 Å². The average Bonchev–Trinajstić information content (AvgIpc) is 2.15. The molecule has 0 amide bonds. The highest BCUT2D eigenvalue weighted by Gasteiger charge is 2.14. The molecule has 0 N–H and O–H groups in total. The van der Waals surface area contributed by atoms with E-state index in [1.165, 1.54) is 12.1 Å². The molecule has 0 fully saturated rings. The fourth-order valence-corrected chi connectivity index (χ4v) is 2.54. The molecular formula is C9H7BrClNO2S. The summed E-state index contributed by atoms with van der Waals surface area (Å²) in [5.74, 6) is 0. The van der Waals surface area contributed by atoms with Crippen molar-refractivity contribution in [1.29, 1.82) is 5.26 Å². The van der Waals surface area contributed by atoms with Crippen LogP contribution >= 0.6 is 26.6 Å². The van der Waals surface area contributed by atoms with Gasteiger partial charge in [0, 0.05) is 16.0 Å². The van der Waals surface area contributed by atoms with Gasteiger partial charge >= 0.3 is 0 Å². The van der Waals surface area contributed by atoms with Crippen molar-refractivity contribution in [2.24, 2.45) is 0 Å². The van der Waals surface area contributed by atoms with Crippen LogP contribution in [0.4, 0.5) is 0 Å². The van der Waals surface area contributed by atoms with Crippen molar-refractivity contribution in [3.63, 3.8) is 0 Å². The van der Waals surface area contributed by atoms with E-state index < -0.39 is 9.05 Å². The molecule has 0 unspecified atom stereocenters. The van der Waals surface area contributed by atoms with Crippen LogP contribution in [0.1, 0.15) is 16.7 Å². The van der Waals surface area contributed by atoms with Gasteiger partial charge in [-0.1, -0.05) is 15.9 Å². The van der Waals surface area contributed by atoms with E-state index in [9.17, 15) is 8.42 Å². The first-order chi connectivity index (χ1) is 6.90. The van der Waals surface area contributed by atoms with Gasteiger partial charge < -0.3 is 0 Å². The molecular weight excluding hydrogens is 302 g/mol. The second kappa shape index (κ2) is 4.52. The van der Waals surface area contributed by atoms with E-state index in [4.69, 9.17) is 15.9 Å². The fraction of sp³-hybridized carbons (Fsp3) is 0.222. The number of hydrogen-bond donors (Lipinski definition) is 0. The van der Waals surface area contributed by atoms with Gasteiger partial charge in [0.15, 0.2) is 0 Å². The van der Waals surface area contributed by atoms with Gasteiger partial charge in [-0.15, -0.1) is 0 Å². The van der Waals surface area contributed by atoms with E-state index in [1.54, 1.807) is 6.92 Å². The predicted octanol–water partition coefficient (Wildman–Crippen LogP) is 2.69. The van der Waals surface area contributed by atoms with Gasteiger partial charge in [0.25, 0.3) is 9.05 Å². The largest absolute Gasteiger partial charge is 0.261 e. The Labute approximate surface area is 101 Å². The highest BCUT2D eigenvalue weighted by molar-refractivity contribution is 9.08. The van der Waals surface area contributed by atoms with E-state index in [1.807, 2.05) is 6.07 Å². The third-order valence-corrected chi connectivity index (χ3v) is 3.87. The molecule has 0 radical (unpaired) electrons. The lowest BCUT2D eigenvalue weighted by Gasteiger charge is -2.06. The van der Waals surface area contributed by atoms with E-state index in [0.29, 0.717) is 22.0 Å². The molecule has 0 saturated heterocycles. The topological polar surface area (TPSA) is 57.9 Å². The lowest BCUT2D eigenvalue weighted by atomic mass is 10.0. The minimum absolute atomic E-state index is 0.0233. The Kier molecular flexibility index (Phi) is 3.77. The van der Waals surface area contributed by atoms with Crippen LogP contribution in [0.2, 0.25) is 0 Å². The molecule has 1 aromatic carbocycles. The van der Waals surface area contributed by atoms with Crippen LogP contribution in [0.3, 0.4) is 0 Å². The monoisotopic (exact) mass is 307 g/mol. The minimum atomic E-state index is -3.74. The Morgan fingerprint density at radius 2 is 2.13 bits per heavy atom. The number of nitriles is 1. The van der Waals surface area contributed by atoms with E-state index in [2.05, 4.69) is 15.9 Å². The SMILES string of the molecule is Cc1cc(S(=O)(=O)Cl)cc(CBr)c1C#N. The van der Waals surface area contributed by atoms with Crippen molar-refractivity contribution in [2.75, 3.05) is 0 Å². The first-order valence-corrected chi connectivity index (χ1v) is 7.37. The molecule has 0 aliphatic carbocycles. The molecule has 80 valence electrons. The Balaban J connectivity index is 3.54. The van der Waals surface area contributed by atoms with Crippen LogP contribution in [0.25, 0.3) is 0 Å². The lowest BCUT2D eigenvalue weighted by Crippen LogP contribution is -1.97. The summed E-state index contributed by atoms with van der Waals surface area (Å²) in [7, 11) is 1.49. The normalized spacial score (nSPS) is 11.1. The van der Waals surface area contributed by atoms with Crippen molar-refractivity contribution in [2.45, 2.75) is 17.1 Å². The summed E-state index contributed by atoms with van der Waals surface area (Å²) in [6, 6.07) is 4.83. The van der Waals surface area contributed by atoms with Gasteiger partial charge in [0.1, 0.15) is 0 Å². The summed E-state index contributed by atoms with van der Waals surface area (Å²) in [5.41, 5.74) is 1.71. The highest BCUT2D eigenvalue weighted by atomic mass is 79.9. The molecule has 0 bridgehead atoms. The van der Waals surface area contributed by atoms with Crippen molar-refractivity contribution in [3.8, 4) is 6.07 Å². The zero-order valence-electron chi connectivity index (χ0n) is 7.79. The van der Waals surface area contributed by atoms with Gasteiger partial charge in [-0.25, -0.2) is 8.42 Å². The first-order valence-electron chi connectivity index (χ1n) is 3.94. The van der Waals surface area contributed by atoms with Crippen LogP contribution in [-0.4, -0.2) is 8.42 Å². The van der Waals surface area contributed by atoms with E-state index in [0.717, 1.165) is 0 Å². The number of nitrogens with zero attached hydrogens (tertiary/aromatic N) is 1. The molecule has 1 rings (SSSR count). The quantitative estimate of drug-likeness (QED) is 0.623. The van der Waals surface area contributed by atoms with Gasteiger partial charge in [-0.05, 0) is 30.2 Å². The maximum atomic E-state index is 11.1. The van der Waals surface area contributed by atoms with Crippen molar-refractivity contribution >= 4 is 35.7 Å². The summed E-state index contributed by atoms with van der Waals surface area (Å²) in [6.45, 7) is 1.68. The molecule has 0 aliphatic heterocycles. The Hall–Kier alpha value is -0.570. The molecule has 0 aromatic heterocycles. The highest BCUT2D eigenvalue weighted by Crippen LogP contribution is 2.24. The molecule has 0 aliphatic rings. The smallest absolute Gasteiger partial charge is 0.207 e. The zero-order valence-corrected chi connectivity index (χ0v) is 10.9. The third-order valence-electron chi connectivity index (χ3n) is 1.93. The Morgan fingerprint density at radius 1 is 1.53 bits per heavy atom. The maximum Gasteiger partial charge on any atom is 0.261 e. The number of benzene rings is 1. The Bertz CT molecular complexity index is 534. The van der Waals surface area contributed by atoms with Gasteiger partial charge in [0.2, 0.25) is 0 Å². The summed E-state index contributed by atoms with van der Waals surface area (Å²) in [5, 5.41) is 9.28. The molecule has 6 heteroatoms. The second-order valence-corrected chi connectivity index (χ2v) is 6.08. The summed E-state index contributed by atoms with van der Waals surface area (Å²) in [4.78, 5) is 0.0233. The van der Waals surface area contributed by atoms with Gasteiger partial charge in [0.05, 0.1) is 16.5 Å². The number of hydrogen-bond acceptors (Lipinski definition) is 3. The molecule has 0 atom stereocenters. The Morgan fingerprint density at radius 3 is 2.53 bits per heavy atom. The van der Waals surface area contributed by atoms with Crippen molar-refractivity contribution in [3.05, 3.63) is 28.8 Å².